The van der Waals surface area contributed by atoms with Crippen LogP contribution in [0.1, 0.15) is 6.42 Å². The van der Waals surface area contributed by atoms with Crippen LogP contribution in [0.15, 0.2) is 0 Å². The molecule has 0 aromatic carbocycles. The molecule has 0 aliphatic rings. The van der Waals surface area contributed by atoms with Gasteiger partial charge in [-0.1, -0.05) is 0 Å². The lowest BCUT2D eigenvalue weighted by molar-refractivity contribution is -0.143. The van der Waals surface area contributed by atoms with Crippen molar-refractivity contribution >= 4 is 26.7 Å². The molecule has 12 heteroatoms. The smallest absolute Gasteiger partial charge is 0.480 e. The maximum Gasteiger partial charge on any atom is 0.492 e. The zero-order valence-electron chi connectivity index (χ0n) is 12.5. The van der Waals surface area contributed by atoms with Crippen molar-refractivity contribution in [3.63, 3.8) is 0 Å². The van der Waals surface area contributed by atoms with E-state index in [0.717, 1.165) is 4.90 Å². The second-order valence-corrected chi connectivity index (χ2v) is 7.09. The Morgan fingerprint density at radius 1 is 0.696 bits per heavy atom. The largest absolute Gasteiger partial charge is 0.492 e. The fourth-order valence-corrected chi connectivity index (χ4v) is 2.51. The molecule has 0 amide bonds. The second-order valence-electron chi connectivity index (χ2n) is 5.05. The summed E-state index contributed by atoms with van der Waals surface area (Å²) in [6, 6.07) is -0.253. The fraction of sp³-hybridized carbons (Fsp3) is 0.727. The lowest BCUT2D eigenvalue weighted by Gasteiger charge is -2.25. The SMILES string of the molecule is O=C(O)CN(CCC[Si](O)(O)O)CCN(CC(=O)O)CC(=O)O. The summed E-state index contributed by atoms with van der Waals surface area (Å²) in [6.07, 6.45) is 0.140. The van der Waals surface area contributed by atoms with Crippen molar-refractivity contribution in [1.29, 1.82) is 0 Å². The van der Waals surface area contributed by atoms with E-state index in [1.807, 2.05) is 0 Å². The number of hydrogen-bond acceptors (Lipinski definition) is 8. The normalized spacial score (nSPS) is 11.9. The highest BCUT2D eigenvalue weighted by atomic mass is 28.4. The summed E-state index contributed by atoms with van der Waals surface area (Å²) in [5, 5.41) is 26.3. The van der Waals surface area contributed by atoms with Gasteiger partial charge in [-0.15, -0.1) is 0 Å². The van der Waals surface area contributed by atoms with Crippen LogP contribution in [0, 0.1) is 0 Å². The van der Waals surface area contributed by atoms with E-state index in [-0.39, 0.29) is 38.6 Å². The molecule has 6 N–H and O–H groups in total. The molecule has 0 aromatic rings. The number of carboxylic acids is 3. The Bertz CT molecular complexity index is 397. The Morgan fingerprint density at radius 3 is 1.48 bits per heavy atom. The van der Waals surface area contributed by atoms with E-state index in [0.29, 0.717) is 0 Å². The average Bonchev–Trinajstić information content (AvgIpc) is 2.31. The summed E-state index contributed by atoms with van der Waals surface area (Å²) in [7, 11) is -4.19. The third kappa shape index (κ3) is 13.8. The predicted octanol–water partition coefficient (Wildman–Crippen LogP) is -2.85. The molecule has 0 rings (SSSR count). The molecule has 0 aromatic heterocycles. The van der Waals surface area contributed by atoms with Crippen LogP contribution < -0.4 is 0 Å². The molecular weight excluding hydrogens is 332 g/mol. The molecule has 0 spiro atoms. The first kappa shape index (κ1) is 21.4. The molecular formula is C11H22N2O9Si. The molecule has 0 radical (unpaired) electrons. The summed E-state index contributed by atoms with van der Waals surface area (Å²) >= 11 is 0. The number of hydrogen-bond donors (Lipinski definition) is 6. The number of rotatable bonds is 13. The lowest BCUT2D eigenvalue weighted by Crippen LogP contribution is -2.42. The Kier molecular flexibility index (Phi) is 9.55. The highest BCUT2D eigenvalue weighted by Gasteiger charge is 2.26. The molecule has 0 atom stereocenters. The first-order valence-electron chi connectivity index (χ1n) is 6.77. The topological polar surface area (TPSA) is 179 Å². The Morgan fingerprint density at radius 2 is 1.09 bits per heavy atom. The molecule has 0 heterocycles. The highest BCUT2D eigenvalue weighted by molar-refractivity contribution is 6.56. The van der Waals surface area contributed by atoms with E-state index in [4.69, 9.17) is 29.7 Å². The van der Waals surface area contributed by atoms with Gasteiger partial charge in [0.15, 0.2) is 0 Å². The molecule has 0 saturated carbocycles. The Balaban J connectivity index is 4.50. The van der Waals surface area contributed by atoms with Crippen molar-refractivity contribution in [2.75, 3.05) is 39.3 Å². The minimum absolute atomic E-state index is 0.0197. The van der Waals surface area contributed by atoms with Crippen LogP contribution in [-0.4, -0.2) is 105 Å². The van der Waals surface area contributed by atoms with Gasteiger partial charge in [-0.3, -0.25) is 24.2 Å². The second kappa shape index (κ2) is 10.2. The average molecular weight is 354 g/mol. The van der Waals surface area contributed by atoms with E-state index in [2.05, 4.69) is 0 Å². The van der Waals surface area contributed by atoms with Crippen molar-refractivity contribution in [2.45, 2.75) is 12.5 Å². The third-order valence-corrected chi connectivity index (χ3v) is 3.82. The van der Waals surface area contributed by atoms with Crippen molar-refractivity contribution in [1.82, 2.24) is 9.80 Å². The van der Waals surface area contributed by atoms with Gasteiger partial charge < -0.3 is 29.7 Å². The molecule has 0 fully saturated rings. The van der Waals surface area contributed by atoms with E-state index in [9.17, 15) is 14.4 Å². The summed E-state index contributed by atoms with van der Waals surface area (Å²) < 4.78 is 0. The van der Waals surface area contributed by atoms with Gasteiger partial charge in [0.05, 0.1) is 19.6 Å². The van der Waals surface area contributed by atoms with Gasteiger partial charge in [-0.2, -0.15) is 0 Å². The zero-order chi connectivity index (χ0) is 18.0. The summed E-state index contributed by atoms with van der Waals surface area (Å²) in [5.41, 5.74) is 0. The molecule has 0 aliphatic carbocycles. The molecule has 0 aliphatic heterocycles. The fourth-order valence-electron chi connectivity index (χ4n) is 1.88. The maximum atomic E-state index is 10.8. The van der Waals surface area contributed by atoms with Crippen LogP contribution in [0.2, 0.25) is 6.04 Å². The number of carboxylic acid groups (broad SMARTS) is 3. The third-order valence-electron chi connectivity index (χ3n) is 2.80. The van der Waals surface area contributed by atoms with Crippen LogP contribution in [0.3, 0.4) is 0 Å². The maximum absolute atomic E-state index is 10.8. The molecule has 23 heavy (non-hydrogen) atoms. The number of nitrogens with zero attached hydrogens (tertiary/aromatic N) is 2. The quantitative estimate of drug-likeness (QED) is 0.187. The molecule has 0 saturated heterocycles. The standard InChI is InChI=1S/C11H22N2O9Si/c14-9(15)6-12(2-1-5-23(20,21)22)3-4-13(7-10(16)17)8-11(18)19/h20-22H,1-8H2,(H,14,15)(H,16,17)(H,18,19). The van der Waals surface area contributed by atoms with E-state index >= 15 is 0 Å². The van der Waals surface area contributed by atoms with E-state index in [1.165, 1.54) is 4.90 Å². The minimum Gasteiger partial charge on any atom is -0.480 e. The molecule has 11 nitrogen and oxygen atoms in total. The molecule has 0 unspecified atom stereocenters. The van der Waals surface area contributed by atoms with Crippen LogP contribution in [0.5, 0.6) is 0 Å². The number of carbonyl (C=O) groups is 3. The number of aliphatic carboxylic acids is 3. The van der Waals surface area contributed by atoms with Gasteiger partial charge in [-0.05, 0) is 13.0 Å². The van der Waals surface area contributed by atoms with Gasteiger partial charge in [0, 0.05) is 19.1 Å². The van der Waals surface area contributed by atoms with Crippen molar-refractivity contribution < 1.29 is 44.1 Å². The summed E-state index contributed by atoms with van der Waals surface area (Å²) in [4.78, 5) is 61.4. The van der Waals surface area contributed by atoms with Crippen molar-refractivity contribution in [3.8, 4) is 0 Å². The minimum atomic E-state index is -4.19. The van der Waals surface area contributed by atoms with E-state index < -0.39 is 39.8 Å². The molecule has 0 bridgehead atoms. The van der Waals surface area contributed by atoms with Crippen molar-refractivity contribution in [3.05, 3.63) is 0 Å². The van der Waals surface area contributed by atoms with Crippen LogP contribution in [0.25, 0.3) is 0 Å². The monoisotopic (exact) mass is 354 g/mol. The Hall–Kier alpha value is -1.57. The van der Waals surface area contributed by atoms with Gasteiger partial charge in [0.25, 0.3) is 0 Å². The van der Waals surface area contributed by atoms with Crippen LogP contribution in [0.4, 0.5) is 0 Å². The van der Waals surface area contributed by atoms with Crippen LogP contribution in [-0.2, 0) is 14.4 Å². The summed E-state index contributed by atoms with van der Waals surface area (Å²) in [5.74, 6) is -3.53. The van der Waals surface area contributed by atoms with Gasteiger partial charge in [0.1, 0.15) is 0 Å². The highest BCUT2D eigenvalue weighted by Crippen LogP contribution is 2.04. The van der Waals surface area contributed by atoms with Gasteiger partial charge in [0.2, 0.25) is 0 Å². The predicted molar refractivity (Wildman–Crippen MR) is 77.6 cm³/mol. The van der Waals surface area contributed by atoms with Crippen LogP contribution >= 0.6 is 0 Å². The molecule has 134 valence electrons. The van der Waals surface area contributed by atoms with Gasteiger partial charge in [-0.25, -0.2) is 0 Å². The zero-order valence-corrected chi connectivity index (χ0v) is 13.5. The Labute approximate surface area is 133 Å². The van der Waals surface area contributed by atoms with Gasteiger partial charge >= 0.3 is 26.7 Å². The first-order valence-corrected chi connectivity index (χ1v) is 8.81. The van der Waals surface area contributed by atoms with E-state index in [1.54, 1.807) is 0 Å². The van der Waals surface area contributed by atoms with Crippen molar-refractivity contribution in [2.24, 2.45) is 0 Å². The summed E-state index contributed by atoms with van der Waals surface area (Å²) in [6.45, 7) is -1.11. The lowest BCUT2D eigenvalue weighted by atomic mass is 10.3. The first-order chi connectivity index (χ1) is 10.5.